The van der Waals surface area contributed by atoms with Crippen LogP contribution in [0.2, 0.25) is 0 Å². The van der Waals surface area contributed by atoms with Gasteiger partial charge in [0, 0.05) is 12.1 Å². The number of likely N-dealkylation sites (N-methyl/N-ethyl adjacent to an activating group) is 1. The summed E-state index contributed by atoms with van der Waals surface area (Å²) in [4.78, 5) is 2.39. The number of aliphatic hydroxyl groups excluding tert-OH is 1. The van der Waals surface area contributed by atoms with Gasteiger partial charge in [-0.05, 0) is 25.8 Å². The molecule has 1 heterocycles. The van der Waals surface area contributed by atoms with E-state index in [0.717, 1.165) is 18.9 Å². The predicted octanol–water partition coefficient (Wildman–Crippen LogP) is 1.10. The Morgan fingerprint density at radius 2 is 2.09 bits per heavy atom. The van der Waals surface area contributed by atoms with Gasteiger partial charge in [-0.2, -0.15) is 0 Å². The summed E-state index contributed by atoms with van der Waals surface area (Å²) in [5.41, 5.74) is 0. The second-order valence-corrected chi connectivity index (χ2v) is 3.62. The lowest BCUT2D eigenvalue weighted by atomic mass is 10.0. The second-order valence-electron chi connectivity index (χ2n) is 3.62. The fourth-order valence-electron chi connectivity index (χ4n) is 2.15. The molecular weight excluding hydrogens is 138 g/mol. The third-order valence-electron chi connectivity index (χ3n) is 3.04. The Balaban J connectivity index is 2.57. The molecule has 1 fully saturated rings. The summed E-state index contributed by atoms with van der Waals surface area (Å²) in [6.45, 7) is 8.07. The number of hydrogen-bond acceptors (Lipinski definition) is 2. The molecule has 0 aromatic carbocycles. The van der Waals surface area contributed by atoms with Crippen molar-refractivity contribution in [3.05, 3.63) is 0 Å². The monoisotopic (exact) mass is 157 g/mol. The van der Waals surface area contributed by atoms with Crippen LogP contribution in [0.15, 0.2) is 0 Å². The van der Waals surface area contributed by atoms with Crippen LogP contribution in [-0.2, 0) is 0 Å². The van der Waals surface area contributed by atoms with Crippen molar-refractivity contribution in [2.75, 3.05) is 13.2 Å². The van der Waals surface area contributed by atoms with Crippen LogP contribution in [0.1, 0.15) is 27.2 Å². The van der Waals surface area contributed by atoms with Gasteiger partial charge in [0.15, 0.2) is 0 Å². The van der Waals surface area contributed by atoms with Crippen LogP contribution >= 0.6 is 0 Å². The highest BCUT2D eigenvalue weighted by molar-refractivity contribution is 4.88. The lowest BCUT2D eigenvalue weighted by Crippen LogP contribution is -2.37. The van der Waals surface area contributed by atoms with Gasteiger partial charge >= 0.3 is 0 Å². The van der Waals surface area contributed by atoms with E-state index in [9.17, 15) is 0 Å². The second kappa shape index (κ2) is 3.55. The first-order valence-electron chi connectivity index (χ1n) is 4.57. The van der Waals surface area contributed by atoms with Crippen LogP contribution in [0.25, 0.3) is 0 Å². The molecule has 1 N–H and O–H groups in total. The van der Waals surface area contributed by atoms with Gasteiger partial charge in [0.1, 0.15) is 0 Å². The normalized spacial score (nSPS) is 39.8. The van der Waals surface area contributed by atoms with Crippen molar-refractivity contribution >= 4 is 0 Å². The van der Waals surface area contributed by atoms with E-state index in [1.807, 2.05) is 0 Å². The van der Waals surface area contributed by atoms with E-state index >= 15 is 0 Å². The molecule has 0 aromatic heterocycles. The fourth-order valence-corrected chi connectivity index (χ4v) is 2.15. The molecule has 0 radical (unpaired) electrons. The Labute approximate surface area is 69.2 Å². The van der Waals surface area contributed by atoms with Gasteiger partial charge in [0.05, 0.1) is 6.61 Å². The fraction of sp³-hybridized carbons (Fsp3) is 1.00. The summed E-state index contributed by atoms with van der Waals surface area (Å²) in [6, 6.07) is 1.07. The maximum absolute atomic E-state index is 9.06. The highest BCUT2D eigenvalue weighted by Gasteiger charge is 2.33. The summed E-state index contributed by atoms with van der Waals surface area (Å²) in [7, 11) is 0. The molecule has 1 aliphatic heterocycles. The minimum atomic E-state index is 0.322. The minimum Gasteiger partial charge on any atom is -0.395 e. The predicted molar refractivity (Wildman–Crippen MR) is 46.5 cm³/mol. The minimum absolute atomic E-state index is 0.322. The quantitative estimate of drug-likeness (QED) is 0.649. The highest BCUT2D eigenvalue weighted by atomic mass is 16.3. The number of aliphatic hydroxyl groups is 1. The molecule has 0 bridgehead atoms. The van der Waals surface area contributed by atoms with E-state index in [-0.39, 0.29) is 0 Å². The molecule has 0 amide bonds. The van der Waals surface area contributed by atoms with Crippen LogP contribution in [0.4, 0.5) is 0 Å². The molecule has 0 spiro atoms. The number of rotatable bonds is 2. The number of nitrogens with zero attached hydrogens (tertiary/aromatic N) is 1. The summed E-state index contributed by atoms with van der Waals surface area (Å²) in [5.74, 6) is 0.743. The summed E-state index contributed by atoms with van der Waals surface area (Å²) < 4.78 is 0. The van der Waals surface area contributed by atoms with Crippen molar-refractivity contribution in [2.24, 2.45) is 5.92 Å². The molecule has 11 heavy (non-hydrogen) atoms. The van der Waals surface area contributed by atoms with Crippen molar-refractivity contribution in [3.63, 3.8) is 0 Å². The topological polar surface area (TPSA) is 23.5 Å². The molecule has 1 aliphatic rings. The molecule has 0 aliphatic carbocycles. The molecule has 1 rings (SSSR count). The van der Waals surface area contributed by atoms with Crippen molar-refractivity contribution in [1.29, 1.82) is 0 Å². The van der Waals surface area contributed by atoms with Crippen LogP contribution in [0.5, 0.6) is 0 Å². The Morgan fingerprint density at radius 3 is 2.45 bits per heavy atom. The van der Waals surface area contributed by atoms with Gasteiger partial charge in [-0.15, -0.1) is 0 Å². The van der Waals surface area contributed by atoms with Gasteiger partial charge in [-0.3, -0.25) is 4.90 Å². The third kappa shape index (κ3) is 1.57. The van der Waals surface area contributed by atoms with Crippen LogP contribution in [-0.4, -0.2) is 35.2 Å². The molecule has 3 atom stereocenters. The third-order valence-corrected chi connectivity index (χ3v) is 3.04. The zero-order chi connectivity index (χ0) is 8.43. The van der Waals surface area contributed by atoms with E-state index in [4.69, 9.17) is 5.11 Å². The van der Waals surface area contributed by atoms with E-state index in [1.54, 1.807) is 0 Å². The number of likely N-dealkylation sites (tertiary alicyclic amines) is 1. The first-order chi connectivity index (χ1) is 5.20. The van der Waals surface area contributed by atoms with E-state index in [0.29, 0.717) is 18.7 Å². The Morgan fingerprint density at radius 1 is 1.45 bits per heavy atom. The largest absolute Gasteiger partial charge is 0.395 e. The van der Waals surface area contributed by atoms with E-state index < -0.39 is 0 Å². The smallest absolute Gasteiger partial charge is 0.0587 e. The van der Waals surface area contributed by atoms with Gasteiger partial charge < -0.3 is 5.11 Å². The molecule has 0 saturated carbocycles. The lowest BCUT2D eigenvalue weighted by Gasteiger charge is -2.25. The SMILES string of the molecule is CCN1C(CO)CC(C)C1C. The summed E-state index contributed by atoms with van der Waals surface area (Å²) >= 11 is 0. The average Bonchev–Trinajstić information content (AvgIpc) is 2.28. The molecule has 2 heteroatoms. The maximum Gasteiger partial charge on any atom is 0.0587 e. The highest BCUT2D eigenvalue weighted by Crippen LogP contribution is 2.28. The summed E-state index contributed by atoms with van der Waals surface area (Å²) in [5, 5.41) is 9.06. The molecular formula is C9H19NO. The van der Waals surface area contributed by atoms with Crippen molar-refractivity contribution in [3.8, 4) is 0 Å². The van der Waals surface area contributed by atoms with Gasteiger partial charge in [-0.1, -0.05) is 13.8 Å². The first kappa shape index (κ1) is 9.01. The van der Waals surface area contributed by atoms with Crippen LogP contribution in [0.3, 0.4) is 0 Å². The molecule has 2 nitrogen and oxygen atoms in total. The Hall–Kier alpha value is -0.0800. The standard InChI is InChI=1S/C9H19NO/c1-4-10-8(3)7(2)5-9(10)6-11/h7-9,11H,4-6H2,1-3H3. The van der Waals surface area contributed by atoms with Gasteiger partial charge in [0.25, 0.3) is 0 Å². The van der Waals surface area contributed by atoms with Crippen LogP contribution in [0, 0.1) is 5.92 Å². The van der Waals surface area contributed by atoms with Crippen molar-refractivity contribution < 1.29 is 5.11 Å². The van der Waals surface area contributed by atoms with Crippen LogP contribution < -0.4 is 0 Å². The van der Waals surface area contributed by atoms with Crippen molar-refractivity contribution in [2.45, 2.75) is 39.3 Å². The molecule has 0 aromatic rings. The number of hydrogen-bond donors (Lipinski definition) is 1. The molecule has 66 valence electrons. The van der Waals surface area contributed by atoms with E-state index in [2.05, 4.69) is 25.7 Å². The van der Waals surface area contributed by atoms with Crippen molar-refractivity contribution in [1.82, 2.24) is 4.90 Å². The molecule has 1 saturated heterocycles. The lowest BCUT2D eigenvalue weighted by molar-refractivity contribution is 0.138. The Kier molecular flexibility index (Phi) is 2.90. The summed E-state index contributed by atoms with van der Waals surface area (Å²) in [6.07, 6.45) is 1.16. The first-order valence-corrected chi connectivity index (χ1v) is 4.57. The zero-order valence-corrected chi connectivity index (χ0v) is 7.75. The molecule has 3 unspecified atom stereocenters. The Bertz CT molecular complexity index is 127. The van der Waals surface area contributed by atoms with Gasteiger partial charge in [0.2, 0.25) is 0 Å². The van der Waals surface area contributed by atoms with Gasteiger partial charge in [-0.25, -0.2) is 0 Å². The zero-order valence-electron chi connectivity index (χ0n) is 7.75. The van der Waals surface area contributed by atoms with E-state index in [1.165, 1.54) is 0 Å². The average molecular weight is 157 g/mol. The maximum atomic E-state index is 9.06.